The van der Waals surface area contributed by atoms with Gasteiger partial charge in [0, 0.05) is 0 Å². The molecule has 0 aliphatic rings. The zero-order chi connectivity index (χ0) is 24.6. The second-order valence-corrected chi connectivity index (χ2v) is 37.3. The number of phenols is 1. The Morgan fingerprint density at radius 1 is 0.694 bits per heavy atom. The van der Waals surface area contributed by atoms with E-state index in [4.69, 9.17) is 5.11 Å². The van der Waals surface area contributed by atoms with E-state index in [0.29, 0.717) is 5.75 Å². The predicted molar refractivity (Wildman–Crippen MR) is 140 cm³/mol. The Bertz CT molecular complexity index is 1400. The number of phenolic OH excluding ortho intramolecular Hbond substituents is 1. The summed E-state index contributed by atoms with van der Waals surface area (Å²) in [4.78, 5) is 0. The number of unbranched alkanes of at least 4 members (excludes halogenated alkanes) is 1. The van der Waals surface area contributed by atoms with Crippen molar-refractivity contribution >= 4 is 29.8 Å². The van der Waals surface area contributed by atoms with Crippen LogP contribution in [-0.2, 0) is 23.7 Å². The van der Waals surface area contributed by atoms with E-state index in [1.54, 1.807) is 24.3 Å². The number of hydrogen-bond donors (Lipinski definition) is 3. The molecule has 0 radical (unpaired) electrons. The van der Waals surface area contributed by atoms with Gasteiger partial charge in [-0.05, 0) is 12.1 Å². The molecular formula is C26H35N6O3Ti. The van der Waals surface area contributed by atoms with Crippen LogP contribution >= 0.6 is 0 Å². The predicted octanol–water partition coefficient (Wildman–Crippen LogP) is 5.51. The molecule has 0 saturated heterocycles. The van der Waals surface area contributed by atoms with Gasteiger partial charge in [-0.1, -0.05) is 18.2 Å². The van der Waals surface area contributed by atoms with Crippen molar-refractivity contribution in [2.45, 2.75) is 45.4 Å². The van der Waals surface area contributed by atoms with Crippen LogP contribution in [0.4, 0.5) is 0 Å². The van der Waals surface area contributed by atoms with Crippen molar-refractivity contribution in [3.8, 4) is 5.75 Å². The van der Waals surface area contributed by atoms with E-state index in [1.807, 2.05) is 18.2 Å². The zero-order valence-corrected chi connectivity index (χ0v) is 23.1. The summed E-state index contributed by atoms with van der Waals surface area (Å²) >= 11 is -4.65. The van der Waals surface area contributed by atoms with E-state index in [-0.39, 0.29) is 11.0 Å². The van der Waals surface area contributed by atoms with Gasteiger partial charge < -0.3 is 16.1 Å². The fourth-order valence-corrected chi connectivity index (χ4v) is 17.8. The Morgan fingerprint density at radius 2 is 1.17 bits per heavy atom. The maximum Gasteiger partial charge on any atom is 0.115 e. The number of hydrogen-bond acceptors (Lipinski definition) is 5. The number of aromatic hydroxyl groups is 1. The number of rotatable bonds is 5. The Balaban J connectivity index is 0.000000441. The van der Waals surface area contributed by atoms with Gasteiger partial charge in [-0.3, -0.25) is 0 Å². The molecule has 0 aliphatic carbocycles. The molecule has 0 fully saturated rings. The van der Waals surface area contributed by atoms with Crippen LogP contribution in [0.3, 0.4) is 0 Å². The Morgan fingerprint density at radius 3 is 1.56 bits per heavy atom. The van der Waals surface area contributed by atoms with Gasteiger partial charge in [-0.15, -0.1) is 0 Å². The van der Waals surface area contributed by atoms with Crippen LogP contribution in [0.2, 0.25) is 25.6 Å². The fourth-order valence-electron chi connectivity index (χ4n) is 5.74. The number of benzene rings is 3. The molecule has 0 bridgehead atoms. The van der Waals surface area contributed by atoms with Gasteiger partial charge in [-0.25, -0.2) is 0 Å². The zero-order valence-electron chi connectivity index (χ0n) is 21.5. The minimum Gasteiger partial charge on any atom is -2.00 e. The maximum absolute atomic E-state index is 8.63. The number of nitrogens with one attached hydrogen (secondary N) is 2. The Kier molecular flexibility index (Phi) is 7.10. The second-order valence-electron chi connectivity index (χ2n) is 13.4. The Hall–Kier alpha value is -3.11. The molecule has 10 heteroatoms. The van der Waals surface area contributed by atoms with Crippen molar-refractivity contribution in [1.29, 1.82) is 0 Å². The standard InChI is InChI=1S/2C6H4N3.C6H6O.C4H9.4CH3.2O.Ti/c2*1-2-4-6-5(3-1)7-9-8-6;7-6-4-2-1-3-5-6;1-3-4-2;;;;;;;/h2*1-3H,(H,7,8,9);1-5,7H;1,3-4H2,2H3;4*1H3;;;/q;;;;;;;;2*-2;+4. The largest absolute Gasteiger partial charge is 2.00 e. The van der Waals surface area contributed by atoms with E-state index < -0.39 is 12.7 Å². The van der Waals surface area contributed by atoms with Gasteiger partial charge in [0.15, 0.2) is 0 Å². The van der Waals surface area contributed by atoms with Crippen LogP contribution in [0.25, 0.3) is 22.1 Å². The van der Waals surface area contributed by atoms with Gasteiger partial charge in [0.25, 0.3) is 0 Å². The molecule has 9 nitrogen and oxygen atoms in total. The first-order valence-corrected chi connectivity index (χ1v) is 20.9. The molecule has 2 heterocycles. The molecular weight excluding hydrogens is 492 g/mol. The van der Waals surface area contributed by atoms with Gasteiger partial charge in [0.1, 0.15) is 5.75 Å². The minimum atomic E-state index is -4.65. The third-order valence-corrected chi connectivity index (χ3v) is 22.5. The summed E-state index contributed by atoms with van der Waals surface area (Å²) in [6.45, 7) is 2.25. The summed E-state index contributed by atoms with van der Waals surface area (Å²) in [5.41, 5.74) is 3.91. The summed E-state index contributed by atoms with van der Waals surface area (Å²) in [7, 11) is 0. The first-order chi connectivity index (χ1) is 15.9. The van der Waals surface area contributed by atoms with Gasteiger partial charge >= 0.3 is 155 Å². The van der Waals surface area contributed by atoms with E-state index in [1.165, 1.54) is 7.74 Å². The molecule has 0 unspecified atom stereocenters. The fraction of sp³-hybridized carbons (Fsp3) is 0.308. The summed E-state index contributed by atoms with van der Waals surface area (Å²) in [5, 5.41) is 42.1. The average molecular weight is 527 g/mol. The van der Waals surface area contributed by atoms with Crippen molar-refractivity contribution in [2.24, 2.45) is 0 Å². The summed E-state index contributed by atoms with van der Waals surface area (Å²) < 4.78 is 3.71. The average Bonchev–Trinajstić information content (AvgIpc) is 3.47. The first kappa shape index (κ1) is 29.1. The molecule has 2 aromatic heterocycles. The van der Waals surface area contributed by atoms with Crippen LogP contribution in [-0.4, -0.2) is 35.9 Å². The molecule has 0 spiro atoms. The van der Waals surface area contributed by atoms with Crippen LogP contribution in [0.1, 0.15) is 19.8 Å². The molecule has 36 heavy (non-hydrogen) atoms. The number of H-pyrrole nitrogens is 2. The number of para-hydroxylation sites is 1. The van der Waals surface area contributed by atoms with Crippen LogP contribution < -0.4 is 7.74 Å². The van der Waals surface area contributed by atoms with Crippen molar-refractivity contribution in [1.82, 2.24) is 30.8 Å². The van der Waals surface area contributed by atoms with Gasteiger partial charge in [0.05, 0.1) is 0 Å². The molecule has 5 aromatic rings. The summed E-state index contributed by atoms with van der Waals surface area (Å²) in [6, 6.07) is 21.6. The van der Waals surface area contributed by atoms with E-state index >= 15 is 0 Å². The normalized spacial score (nSPS) is 12.8. The topological polar surface area (TPSA) is 160 Å². The SMILES string of the molecule is CCC[CH2][Ti+4]([CH3])([CH3])([CH3])([CH3])([c]1cccc2[nH]nnc12)[c]1cccc2[nH]nnc12.Oc1ccccc1.[O-2].[O-2]. The summed E-state index contributed by atoms with van der Waals surface area (Å²) in [5.74, 6) is 0.322. The number of nitrogens with zero attached hydrogens (tertiary/aromatic N) is 4. The van der Waals surface area contributed by atoms with Gasteiger partial charge in [-0.2, -0.15) is 0 Å². The monoisotopic (exact) mass is 527 g/mol. The second kappa shape index (κ2) is 8.78. The maximum atomic E-state index is 8.63. The third kappa shape index (κ3) is 4.67. The smallest absolute Gasteiger partial charge is 0.115 e. The van der Waals surface area contributed by atoms with Crippen molar-refractivity contribution in [2.75, 3.05) is 0 Å². The molecule has 5 rings (SSSR count). The number of fused-ring (bicyclic) bond motifs is 2. The van der Waals surface area contributed by atoms with Crippen LogP contribution in [0, 0.1) is 0 Å². The molecule has 3 N–H and O–H groups in total. The Labute approximate surface area is 206 Å². The third-order valence-electron chi connectivity index (χ3n) is 8.05. The van der Waals surface area contributed by atoms with Crippen molar-refractivity contribution < 1.29 is 28.8 Å². The van der Waals surface area contributed by atoms with Crippen molar-refractivity contribution in [3.63, 3.8) is 0 Å². The molecule has 0 atom stereocenters. The minimum absolute atomic E-state index is 0. The van der Waals surface area contributed by atoms with E-state index in [2.05, 4.69) is 82.9 Å². The van der Waals surface area contributed by atoms with Gasteiger partial charge in [0.2, 0.25) is 0 Å². The van der Waals surface area contributed by atoms with E-state index in [0.717, 1.165) is 39.6 Å². The number of aromatic amines is 2. The molecule has 0 saturated carbocycles. The van der Waals surface area contributed by atoms with Crippen LogP contribution in [0.15, 0.2) is 66.7 Å². The first-order valence-electron chi connectivity index (χ1n) is 12.0. The van der Waals surface area contributed by atoms with Crippen molar-refractivity contribution in [3.05, 3.63) is 66.7 Å². The number of aromatic nitrogens is 6. The molecule has 191 valence electrons. The molecule has 3 aromatic carbocycles. The van der Waals surface area contributed by atoms with E-state index in [9.17, 15) is 0 Å². The molecule has 0 amide bonds. The quantitative estimate of drug-likeness (QED) is 0.257. The molecule has 0 aliphatic heterocycles. The van der Waals surface area contributed by atoms with Crippen LogP contribution in [0.5, 0.6) is 5.75 Å². The summed E-state index contributed by atoms with van der Waals surface area (Å²) in [6.07, 6.45) is 2.28.